The number of hydrogen-bond donors (Lipinski definition) is 3. The Balaban J connectivity index is 4.15. The minimum atomic E-state index is -1.22. The molecule has 7 heteroatoms. The zero-order valence-corrected chi connectivity index (χ0v) is 10.4. The van der Waals surface area contributed by atoms with Gasteiger partial charge in [-0.15, -0.1) is 12.3 Å². The molecular formula is C11H17N3O4. The summed E-state index contributed by atoms with van der Waals surface area (Å²) in [7, 11) is 1.60. The highest BCUT2D eigenvalue weighted by Crippen LogP contribution is 1.90. The topological polar surface area (TPSA) is 98.7 Å². The van der Waals surface area contributed by atoms with Crippen molar-refractivity contribution in [3.63, 3.8) is 0 Å². The number of nitrogens with one attached hydrogen (secondary N) is 2. The third kappa shape index (κ3) is 5.75. The van der Waals surface area contributed by atoms with Crippen LogP contribution in [-0.4, -0.2) is 54.1 Å². The molecule has 0 heterocycles. The smallest absolute Gasteiger partial charge is 0.327 e. The molecule has 0 bridgehead atoms. The van der Waals surface area contributed by atoms with Gasteiger partial charge in [0, 0.05) is 20.0 Å². The highest BCUT2D eigenvalue weighted by Gasteiger charge is 2.19. The highest BCUT2D eigenvalue weighted by atomic mass is 16.4. The molecule has 100 valence electrons. The number of hydrogen-bond acceptors (Lipinski definition) is 3. The Bertz CT molecular complexity index is 362. The molecule has 0 aliphatic heterocycles. The van der Waals surface area contributed by atoms with Crippen molar-refractivity contribution in [2.24, 2.45) is 0 Å². The van der Waals surface area contributed by atoms with Crippen molar-refractivity contribution >= 4 is 17.9 Å². The van der Waals surface area contributed by atoms with Crippen molar-refractivity contribution < 1.29 is 19.5 Å². The number of carbonyl (C=O) groups is 3. The Labute approximate surface area is 106 Å². The molecule has 0 aliphatic carbocycles. The number of carboxylic acids is 1. The van der Waals surface area contributed by atoms with E-state index in [0.717, 1.165) is 0 Å². The van der Waals surface area contributed by atoms with Gasteiger partial charge in [0.2, 0.25) is 5.91 Å². The lowest BCUT2D eigenvalue weighted by atomic mass is 10.2. The predicted octanol–water partition coefficient (Wildman–Crippen LogP) is -0.760. The van der Waals surface area contributed by atoms with Crippen LogP contribution in [0.15, 0.2) is 0 Å². The molecule has 0 aliphatic rings. The van der Waals surface area contributed by atoms with E-state index in [1.165, 1.54) is 4.90 Å². The van der Waals surface area contributed by atoms with Crippen LogP contribution >= 0.6 is 0 Å². The standard InChI is InChI=1S/C11H17N3O4/c1-4-6-8(10(16)17)13-11(18)12-7-9(15)14(3)5-2/h1,8H,5-7H2,2-3H3,(H,16,17)(H2,12,13,18). The maximum atomic E-state index is 11.4. The normalized spacial score (nSPS) is 10.9. The first-order valence-electron chi connectivity index (χ1n) is 5.37. The first-order chi connectivity index (χ1) is 8.42. The van der Waals surface area contributed by atoms with Gasteiger partial charge in [0.25, 0.3) is 0 Å². The molecule has 0 radical (unpaired) electrons. The SMILES string of the molecule is C#CCC(NC(=O)NCC(=O)N(C)CC)C(=O)O. The average Bonchev–Trinajstić information content (AvgIpc) is 2.34. The molecule has 1 atom stereocenters. The van der Waals surface area contributed by atoms with Gasteiger partial charge in [-0.3, -0.25) is 4.79 Å². The summed E-state index contributed by atoms with van der Waals surface area (Å²) in [6.45, 7) is 2.13. The van der Waals surface area contributed by atoms with Crippen LogP contribution in [0.2, 0.25) is 0 Å². The predicted molar refractivity (Wildman–Crippen MR) is 64.7 cm³/mol. The number of likely N-dealkylation sites (N-methyl/N-ethyl adjacent to an activating group) is 1. The molecule has 0 aromatic carbocycles. The van der Waals surface area contributed by atoms with Gasteiger partial charge in [0.05, 0.1) is 6.54 Å². The molecule has 3 amide bonds. The van der Waals surface area contributed by atoms with E-state index in [-0.39, 0.29) is 18.9 Å². The number of terminal acetylenes is 1. The number of urea groups is 1. The average molecular weight is 255 g/mol. The lowest BCUT2D eigenvalue weighted by Gasteiger charge is -2.16. The fourth-order valence-corrected chi connectivity index (χ4v) is 0.994. The van der Waals surface area contributed by atoms with E-state index < -0.39 is 18.0 Å². The summed E-state index contributed by atoms with van der Waals surface area (Å²) >= 11 is 0. The lowest BCUT2D eigenvalue weighted by molar-refractivity contribution is -0.139. The molecule has 7 nitrogen and oxygen atoms in total. The first-order valence-corrected chi connectivity index (χ1v) is 5.37. The number of aliphatic carboxylic acids is 1. The monoisotopic (exact) mass is 255 g/mol. The molecule has 0 aromatic heterocycles. The molecule has 0 saturated carbocycles. The third-order valence-corrected chi connectivity index (χ3v) is 2.23. The summed E-state index contributed by atoms with van der Waals surface area (Å²) in [5.74, 6) is 0.659. The quantitative estimate of drug-likeness (QED) is 0.543. The van der Waals surface area contributed by atoms with Crippen molar-refractivity contribution in [2.45, 2.75) is 19.4 Å². The number of nitrogens with zero attached hydrogens (tertiary/aromatic N) is 1. The van der Waals surface area contributed by atoms with Gasteiger partial charge < -0.3 is 20.6 Å². The molecule has 0 spiro atoms. The summed E-state index contributed by atoms with van der Waals surface area (Å²) in [5, 5.41) is 13.2. The van der Waals surface area contributed by atoms with Crippen LogP contribution in [0.25, 0.3) is 0 Å². The van der Waals surface area contributed by atoms with E-state index in [9.17, 15) is 14.4 Å². The number of rotatable bonds is 6. The van der Waals surface area contributed by atoms with Gasteiger partial charge in [0.1, 0.15) is 6.04 Å². The first kappa shape index (κ1) is 15.8. The number of carbonyl (C=O) groups excluding carboxylic acids is 2. The van der Waals surface area contributed by atoms with Crippen molar-refractivity contribution in [3.05, 3.63) is 0 Å². The van der Waals surface area contributed by atoms with E-state index in [0.29, 0.717) is 6.54 Å². The third-order valence-electron chi connectivity index (χ3n) is 2.23. The summed E-state index contributed by atoms with van der Waals surface area (Å²) in [5.41, 5.74) is 0. The maximum Gasteiger partial charge on any atom is 0.327 e. The fraction of sp³-hybridized carbons (Fsp3) is 0.545. The van der Waals surface area contributed by atoms with Crippen LogP contribution < -0.4 is 10.6 Å². The van der Waals surface area contributed by atoms with E-state index in [1.54, 1.807) is 14.0 Å². The zero-order valence-electron chi connectivity index (χ0n) is 10.4. The summed E-state index contributed by atoms with van der Waals surface area (Å²) in [6.07, 6.45) is 4.86. The van der Waals surface area contributed by atoms with Crippen molar-refractivity contribution in [3.8, 4) is 12.3 Å². The van der Waals surface area contributed by atoms with E-state index in [4.69, 9.17) is 11.5 Å². The van der Waals surface area contributed by atoms with Crippen LogP contribution in [0, 0.1) is 12.3 Å². The van der Waals surface area contributed by atoms with Gasteiger partial charge in [-0.2, -0.15) is 0 Å². The molecule has 0 saturated heterocycles. The number of carboxylic acid groups (broad SMARTS) is 1. The highest BCUT2D eigenvalue weighted by molar-refractivity contribution is 5.86. The Morgan fingerprint density at radius 3 is 2.50 bits per heavy atom. The molecular weight excluding hydrogens is 238 g/mol. The lowest BCUT2D eigenvalue weighted by Crippen LogP contribution is -2.48. The van der Waals surface area contributed by atoms with Crippen LogP contribution in [0.1, 0.15) is 13.3 Å². The van der Waals surface area contributed by atoms with E-state index in [1.807, 2.05) is 0 Å². The molecule has 0 fully saturated rings. The van der Waals surface area contributed by atoms with Crippen LogP contribution in [0.5, 0.6) is 0 Å². The fourth-order valence-electron chi connectivity index (χ4n) is 0.994. The Morgan fingerprint density at radius 1 is 1.44 bits per heavy atom. The number of amides is 3. The second-order valence-electron chi connectivity index (χ2n) is 3.53. The summed E-state index contributed by atoms with van der Waals surface area (Å²) < 4.78 is 0. The van der Waals surface area contributed by atoms with Crippen LogP contribution in [0.3, 0.4) is 0 Å². The molecule has 1 unspecified atom stereocenters. The Kier molecular flexibility index (Phi) is 6.96. The van der Waals surface area contributed by atoms with Gasteiger partial charge in [0.15, 0.2) is 0 Å². The largest absolute Gasteiger partial charge is 0.480 e. The minimum absolute atomic E-state index is 0.119. The maximum absolute atomic E-state index is 11.4. The Hall–Kier alpha value is -2.23. The second kappa shape index (κ2) is 7.95. The summed E-state index contributed by atoms with van der Waals surface area (Å²) in [6, 6.07) is -1.90. The van der Waals surface area contributed by atoms with Gasteiger partial charge >= 0.3 is 12.0 Å². The Morgan fingerprint density at radius 2 is 2.06 bits per heavy atom. The summed E-state index contributed by atoms with van der Waals surface area (Å²) in [4.78, 5) is 34.8. The second-order valence-corrected chi connectivity index (χ2v) is 3.53. The van der Waals surface area contributed by atoms with Crippen LogP contribution in [-0.2, 0) is 9.59 Å². The van der Waals surface area contributed by atoms with Crippen molar-refractivity contribution in [2.75, 3.05) is 20.1 Å². The molecule has 3 N–H and O–H groups in total. The van der Waals surface area contributed by atoms with E-state index >= 15 is 0 Å². The molecule has 0 rings (SSSR count). The van der Waals surface area contributed by atoms with Gasteiger partial charge in [-0.25, -0.2) is 9.59 Å². The van der Waals surface area contributed by atoms with Gasteiger partial charge in [-0.05, 0) is 6.92 Å². The van der Waals surface area contributed by atoms with Gasteiger partial charge in [-0.1, -0.05) is 0 Å². The van der Waals surface area contributed by atoms with Crippen LogP contribution in [0.4, 0.5) is 4.79 Å². The van der Waals surface area contributed by atoms with Crippen molar-refractivity contribution in [1.29, 1.82) is 0 Å². The zero-order chi connectivity index (χ0) is 14.1. The molecule has 18 heavy (non-hydrogen) atoms. The molecule has 0 aromatic rings. The minimum Gasteiger partial charge on any atom is -0.480 e. The van der Waals surface area contributed by atoms with E-state index in [2.05, 4.69) is 16.6 Å². The van der Waals surface area contributed by atoms with Crippen molar-refractivity contribution in [1.82, 2.24) is 15.5 Å².